The van der Waals surface area contributed by atoms with Gasteiger partial charge in [0.1, 0.15) is 11.6 Å². The number of pyridine rings is 2. The fourth-order valence-electron chi connectivity index (χ4n) is 3.92. The molecule has 3 heterocycles. The molecular formula is C27H19F3N4O. The van der Waals surface area contributed by atoms with E-state index in [1.54, 1.807) is 61.1 Å². The first-order valence-electron chi connectivity index (χ1n) is 10.8. The Kier molecular flexibility index (Phi) is 5.56. The summed E-state index contributed by atoms with van der Waals surface area (Å²) >= 11 is 0. The van der Waals surface area contributed by atoms with Gasteiger partial charge in [-0.05, 0) is 55.8 Å². The predicted molar refractivity (Wildman–Crippen MR) is 128 cm³/mol. The third-order valence-electron chi connectivity index (χ3n) is 5.84. The first kappa shape index (κ1) is 22.3. The van der Waals surface area contributed by atoms with Crippen molar-refractivity contribution in [2.24, 2.45) is 0 Å². The zero-order valence-electron chi connectivity index (χ0n) is 18.8. The highest BCUT2D eigenvalue weighted by atomic mass is 19.2. The molecule has 0 fully saturated rings. The van der Waals surface area contributed by atoms with Gasteiger partial charge in [0.25, 0.3) is 5.91 Å². The minimum absolute atomic E-state index is 0.0366. The number of hydrogen-bond acceptors (Lipinski definition) is 3. The molecule has 5 nitrogen and oxygen atoms in total. The van der Waals surface area contributed by atoms with E-state index in [-0.39, 0.29) is 11.4 Å². The van der Waals surface area contributed by atoms with Crippen LogP contribution >= 0.6 is 0 Å². The minimum atomic E-state index is -0.978. The summed E-state index contributed by atoms with van der Waals surface area (Å²) in [5, 5.41) is 2.71. The number of carbonyl (C=O) groups is 1. The van der Waals surface area contributed by atoms with E-state index in [2.05, 4.69) is 15.3 Å². The van der Waals surface area contributed by atoms with E-state index in [0.29, 0.717) is 39.2 Å². The number of benzene rings is 2. The van der Waals surface area contributed by atoms with Gasteiger partial charge in [0.2, 0.25) is 0 Å². The van der Waals surface area contributed by atoms with Crippen LogP contribution in [0.2, 0.25) is 0 Å². The lowest BCUT2D eigenvalue weighted by molar-refractivity contribution is 0.102. The SMILES string of the molecule is Cc1ccc(NC(=O)c2cc(-c3cccn4c(-c5cccc(F)c5F)ncc34)cnc2C)cc1F. The molecule has 35 heavy (non-hydrogen) atoms. The van der Waals surface area contributed by atoms with Crippen molar-refractivity contribution < 1.29 is 18.0 Å². The van der Waals surface area contributed by atoms with Crippen molar-refractivity contribution >= 4 is 17.1 Å². The molecule has 3 aromatic heterocycles. The Labute approximate surface area is 198 Å². The van der Waals surface area contributed by atoms with Crippen LogP contribution in [0.1, 0.15) is 21.6 Å². The first-order valence-corrected chi connectivity index (χ1v) is 10.8. The summed E-state index contributed by atoms with van der Waals surface area (Å²) in [5.41, 5.74) is 3.64. The molecule has 1 N–H and O–H groups in total. The monoisotopic (exact) mass is 472 g/mol. The second kappa shape index (κ2) is 8.72. The highest BCUT2D eigenvalue weighted by Gasteiger charge is 2.18. The summed E-state index contributed by atoms with van der Waals surface area (Å²) in [5.74, 6) is -2.53. The van der Waals surface area contributed by atoms with Crippen molar-refractivity contribution in [1.82, 2.24) is 14.4 Å². The largest absolute Gasteiger partial charge is 0.322 e. The van der Waals surface area contributed by atoms with E-state index in [1.807, 2.05) is 6.07 Å². The fourth-order valence-corrected chi connectivity index (χ4v) is 3.92. The summed E-state index contributed by atoms with van der Waals surface area (Å²) in [6.45, 7) is 3.35. The molecule has 0 spiro atoms. The Morgan fingerprint density at radius 1 is 0.886 bits per heavy atom. The number of carbonyl (C=O) groups excluding carboxylic acids is 1. The van der Waals surface area contributed by atoms with Crippen LogP contribution in [0.4, 0.5) is 18.9 Å². The topological polar surface area (TPSA) is 59.3 Å². The van der Waals surface area contributed by atoms with Crippen molar-refractivity contribution in [1.29, 1.82) is 0 Å². The number of anilines is 1. The van der Waals surface area contributed by atoms with Gasteiger partial charge >= 0.3 is 0 Å². The molecular weight excluding hydrogens is 453 g/mol. The van der Waals surface area contributed by atoms with Gasteiger partial charge in [-0.2, -0.15) is 0 Å². The van der Waals surface area contributed by atoms with Gasteiger partial charge in [0, 0.05) is 29.2 Å². The van der Waals surface area contributed by atoms with Crippen molar-refractivity contribution in [3.8, 4) is 22.5 Å². The Morgan fingerprint density at radius 2 is 1.69 bits per heavy atom. The van der Waals surface area contributed by atoms with Crippen molar-refractivity contribution in [3.05, 3.63) is 107 Å². The fraction of sp³-hybridized carbons (Fsp3) is 0.0741. The van der Waals surface area contributed by atoms with Gasteiger partial charge in [0.15, 0.2) is 11.6 Å². The molecule has 0 saturated carbocycles. The lowest BCUT2D eigenvalue weighted by Crippen LogP contribution is -2.14. The van der Waals surface area contributed by atoms with E-state index < -0.39 is 23.4 Å². The van der Waals surface area contributed by atoms with Gasteiger partial charge in [0.05, 0.1) is 28.5 Å². The molecule has 5 aromatic rings. The number of amides is 1. The third-order valence-corrected chi connectivity index (χ3v) is 5.84. The Balaban J connectivity index is 1.55. The second-order valence-corrected chi connectivity index (χ2v) is 8.14. The van der Waals surface area contributed by atoms with Crippen molar-refractivity contribution in [2.75, 3.05) is 5.32 Å². The molecule has 8 heteroatoms. The molecule has 0 saturated heterocycles. The summed E-state index contributed by atoms with van der Waals surface area (Å²) in [6, 6.07) is 13.7. The van der Waals surface area contributed by atoms with E-state index in [9.17, 15) is 18.0 Å². The average Bonchev–Trinajstić information content (AvgIpc) is 3.27. The number of aromatic nitrogens is 3. The van der Waals surface area contributed by atoms with Gasteiger partial charge in [-0.3, -0.25) is 14.2 Å². The van der Waals surface area contributed by atoms with Crippen molar-refractivity contribution in [2.45, 2.75) is 13.8 Å². The first-order chi connectivity index (χ1) is 16.8. The molecule has 0 aliphatic heterocycles. The summed E-state index contributed by atoms with van der Waals surface area (Å²) in [6.07, 6.45) is 4.89. The summed E-state index contributed by atoms with van der Waals surface area (Å²) < 4.78 is 43.8. The molecule has 0 atom stereocenters. The highest BCUT2D eigenvalue weighted by Crippen LogP contribution is 2.30. The maximum absolute atomic E-state index is 14.4. The Morgan fingerprint density at radius 3 is 2.49 bits per heavy atom. The summed E-state index contributed by atoms with van der Waals surface area (Å²) in [4.78, 5) is 21.7. The minimum Gasteiger partial charge on any atom is -0.322 e. The van der Waals surface area contributed by atoms with Crippen LogP contribution in [0, 0.1) is 31.3 Å². The maximum Gasteiger partial charge on any atom is 0.257 e. The van der Waals surface area contributed by atoms with Crippen LogP contribution in [0.3, 0.4) is 0 Å². The molecule has 0 radical (unpaired) electrons. The molecule has 0 unspecified atom stereocenters. The van der Waals surface area contributed by atoms with Gasteiger partial charge in [-0.15, -0.1) is 0 Å². The normalized spacial score (nSPS) is 11.1. The Hall–Kier alpha value is -4.46. The maximum atomic E-state index is 14.4. The van der Waals surface area contributed by atoms with E-state index in [1.165, 1.54) is 18.2 Å². The molecule has 2 aromatic carbocycles. The molecule has 1 amide bonds. The number of fused-ring (bicyclic) bond motifs is 1. The number of nitrogens with one attached hydrogen (secondary N) is 1. The van der Waals surface area contributed by atoms with Gasteiger partial charge < -0.3 is 5.32 Å². The zero-order chi connectivity index (χ0) is 24.7. The average molecular weight is 472 g/mol. The molecule has 0 bridgehead atoms. The highest BCUT2D eigenvalue weighted by molar-refractivity contribution is 6.06. The van der Waals surface area contributed by atoms with Crippen LogP contribution < -0.4 is 5.32 Å². The second-order valence-electron chi connectivity index (χ2n) is 8.14. The number of aryl methyl sites for hydroxylation is 2. The number of imidazole rings is 1. The number of halogens is 3. The van der Waals surface area contributed by atoms with E-state index in [0.717, 1.165) is 6.07 Å². The van der Waals surface area contributed by atoms with Crippen LogP contribution in [0.15, 0.2) is 73.2 Å². The van der Waals surface area contributed by atoms with Crippen molar-refractivity contribution in [3.63, 3.8) is 0 Å². The number of hydrogen-bond donors (Lipinski definition) is 1. The van der Waals surface area contributed by atoms with Crippen LogP contribution in [-0.2, 0) is 0 Å². The molecule has 0 aliphatic rings. The molecule has 0 aliphatic carbocycles. The van der Waals surface area contributed by atoms with E-state index in [4.69, 9.17) is 0 Å². The third kappa shape index (κ3) is 4.03. The summed E-state index contributed by atoms with van der Waals surface area (Å²) in [7, 11) is 0. The van der Waals surface area contributed by atoms with Crippen LogP contribution in [0.25, 0.3) is 28.0 Å². The van der Waals surface area contributed by atoms with Gasteiger partial charge in [-0.1, -0.05) is 18.2 Å². The number of rotatable bonds is 4. The molecule has 5 rings (SSSR count). The lowest BCUT2D eigenvalue weighted by atomic mass is 10.0. The predicted octanol–water partition coefficient (Wildman–Crippen LogP) is 6.35. The number of nitrogens with zero attached hydrogens (tertiary/aromatic N) is 3. The standard InChI is InChI=1S/C27H19F3N4O/c1-15-8-9-18(12-23(15)29)33-27(35)21-11-17(13-31-16(21)2)19-6-4-10-34-24(19)14-32-26(34)20-5-3-7-22(28)25(20)30/h3-14H,1-2H3,(H,33,35). The molecule has 174 valence electrons. The van der Waals surface area contributed by atoms with Crippen LogP contribution in [0.5, 0.6) is 0 Å². The Bertz CT molecular complexity index is 1610. The zero-order valence-corrected chi connectivity index (χ0v) is 18.8. The van der Waals surface area contributed by atoms with Crippen LogP contribution in [-0.4, -0.2) is 20.3 Å². The lowest BCUT2D eigenvalue weighted by Gasteiger charge is -2.11. The van der Waals surface area contributed by atoms with Gasteiger partial charge in [-0.25, -0.2) is 18.2 Å². The van der Waals surface area contributed by atoms with E-state index >= 15 is 0 Å². The smallest absolute Gasteiger partial charge is 0.257 e. The quantitative estimate of drug-likeness (QED) is 0.332.